The Bertz CT molecular complexity index is 1140. The average Bonchev–Trinajstić information content (AvgIpc) is 3.07. The van der Waals surface area contributed by atoms with Gasteiger partial charge in [-0.15, -0.1) is 8.78 Å². The summed E-state index contributed by atoms with van der Waals surface area (Å²) in [7, 11) is 0. The van der Waals surface area contributed by atoms with Crippen LogP contribution in [0.2, 0.25) is 0 Å². The van der Waals surface area contributed by atoms with Crippen LogP contribution in [0, 0.1) is 5.92 Å². The monoisotopic (exact) mass is 475 g/mol. The molecule has 2 aliphatic rings. The summed E-state index contributed by atoms with van der Waals surface area (Å²) >= 11 is 0. The van der Waals surface area contributed by atoms with Gasteiger partial charge in [-0.25, -0.2) is 9.78 Å². The van der Waals surface area contributed by atoms with Crippen LogP contribution < -0.4 is 15.2 Å². The second-order valence-electron chi connectivity index (χ2n) is 8.35. The van der Waals surface area contributed by atoms with Crippen LogP contribution in [0.1, 0.15) is 43.2 Å². The van der Waals surface area contributed by atoms with Gasteiger partial charge in [0.2, 0.25) is 11.8 Å². The first-order valence-corrected chi connectivity index (χ1v) is 10.8. The molecule has 4 rings (SSSR count). The smallest absolute Gasteiger partial charge is 0.480 e. The van der Waals surface area contributed by atoms with E-state index in [-0.39, 0.29) is 30.2 Å². The predicted molar refractivity (Wildman–Crippen MR) is 114 cm³/mol. The van der Waals surface area contributed by atoms with E-state index in [1.54, 1.807) is 18.2 Å². The molecule has 0 bridgehead atoms. The van der Waals surface area contributed by atoms with Crippen LogP contribution in [-0.2, 0) is 20.8 Å². The van der Waals surface area contributed by atoms with Crippen molar-refractivity contribution >= 4 is 23.6 Å². The Kier molecular flexibility index (Phi) is 6.11. The number of carboxylic acid groups (broad SMARTS) is 1. The molecule has 180 valence electrons. The van der Waals surface area contributed by atoms with Crippen molar-refractivity contribution in [2.24, 2.45) is 5.92 Å². The molecule has 11 heteroatoms. The van der Waals surface area contributed by atoms with Crippen LogP contribution in [0.15, 0.2) is 36.5 Å². The van der Waals surface area contributed by atoms with Crippen molar-refractivity contribution in [3.05, 3.63) is 47.7 Å². The number of nitrogens with zero attached hydrogens (tertiary/aromatic N) is 2. The summed E-state index contributed by atoms with van der Waals surface area (Å²) in [5, 5.41) is 9.70. The van der Waals surface area contributed by atoms with Crippen LogP contribution in [0.5, 0.6) is 11.5 Å². The standard InChI is InChI=1S/C23H23F2N3O6/c1-2-3-13(14-4-5-16-17(10-14)34-23(24,25)33-16)11-19(29)28-20(22(31)32)15(21(28)30)8-12-6-7-27-18(26)9-12/h4-7,9-10,13,15,20H,2-3,8,11H2,1H3,(H2,26,27)(H,31,32)/t13-,15+,20-/m0/s1. The highest BCUT2D eigenvalue weighted by Crippen LogP contribution is 2.43. The molecular weight excluding hydrogens is 452 g/mol. The number of carbonyl (C=O) groups is 3. The lowest BCUT2D eigenvalue weighted by Gasteiger charge is -2.43. The van der Waals surface area contributed by atoms with E-state index < -0.39 is 42.0 Å². The number of hydrogen-bond donors (Lipinski definition) is 2. The number of rotatable bonds is 8. The number of ether oxygens (including phenoxy) is 2. The number of fused-ring (bicyclic) bond motifs is 1. The molecule has 1 aromatic carbocycles. The van der Waals surface area contributed by atoms with Gasteiger partial charge in [-0.2, -0.15) is 0 Å². The van der Waals surface area contributed by atoms with Crippen LogP contribution in [0.3, 0.4) is 0 Å². The average molecular weight is 475 g/mol. The van der Waals surface area contributed by atoms with Crippen LogP contribution in [0.25, 0.3) is 0 Å². The van der Waals surface area contributed by atoms with Crippen LogP contribution in [-0.4, -0.2) is 45.1 Å². The van der Waals surface area contributed by atoms with Gasteiger partial charge in [0.1, 0.15) is 11.9 Å². The third-order valence-corrected chi connectivity index (χ3v) is 5.99. The van der Waals surface area contributed by atoms with Crippen LogP contribution >= 0.6 is 0 Å². The lowest BCUT2D eigenvalue weighted by atomic mass is 9.81. The van der Waals surface area contributed by atoms with E-state index >= 15 is 0 Å². The zero-order valence-corrected chi connectivity index (χ0v) is 18.2. The summed E-state index contributed by atoms with van der Waals surface area (Å²) in [6.45, 7) is 1.89. The van der Waals surface area contributed by atoms with Crippen molar-refractivity contribution in [1.82, 2.24) is 9.88 Å². The number of pyridine rings is 1. The minimum Gasteiger partial charge on any atom is -0.480 e. The molecule has 0 spiro atoms. The first-order chi connectivity index (χ1) is 16.1. The first kappa shape index (κ1) is 23.4. The third-order valence-electron chi connectivity index (χ3n) is 5.99. The van der Waals surface area contributed by atoms with Crippen molar-refractivity contribution < 1.29 is 37.7 Å². The molecule has 9 nitrogen and oxygen atoms in total. The maximum atomic E-state index is 13.4. The van der Waals surface area contributed by atoms with E-state index in [4.69, 9.17) is 5.73 Å². The van der Waals surface area contributed by atoms with E-state index in [9.17, 15) is 28.3 Å². The van der Waals surface area contributed by atoms with E-state index in [0.717, 1.165) is 4.90 Å². The SMILES string of the molecule is CCC[C@@H](CC(=O)N1C(=O)[C@H](Cc2ccnc(N)c2)[C@H]1C(=O)O)c1ccc2c(c1)OC(F)(F)O2. The largest absolute Gasteiger partial charge is 0.586 e. The van der Waals surface area contributed by atoms with Crippen molar-refractivity contribution in [3.8, 4) is 11.5 Å². The van der Waals surface area contributed by atoms with Gasteiger partial charge in [-0.3, -0.25) is 14.5 Å². The fourth-order valence-electron chi connectivity index (χ4n) is 4.45. The van der Waals surface area contributed by atoms with E-state index in [2.05, 4.69) is 14.5 Å². The van der Waals surface area contributed by atoms with Crippen molar-refractivity contribution in [1.29, 1.82) is 0 Å². The molecule has 3 N–H and O–H groups in total. The van der Waals surface area contributed by atoms with Gasteiger partial charge < -0.3 is 20.3 Å². The van der Waals surface area contributed by atoms with Crippen molar-refractivity contribution in [3.63, 3.8) is 0 Å². The maximum Gasteiger partial charge on any atom is 0.586 e. The number of hydrogen-bond acceptors (Lipinski definition) is 7. The van der Waals surface area contributed by atoms with Crippen molar-refractivity contribution in [2.75, 3.05) is 5.73 Å². The summed E-state index contributed by atoms with van der Waals surface area (Å²) in [6.07, 6.45) is -1.16. The quantitative estimate of drug-likeness (QED) is 0.557. The topological polar surface area (TPSA) is 132 Å². The molecule has 0 radical (unpaired) electrons. The Hall–Kier alpha value is -3.76. The Morgan fingerprint density at radius 1 is 1.24 bits per heavy atom. The second-order valence-corrected chi connectivity index (χ2v) is 8.35. The first-order valence-electron chi connectivity index (χ1n) is 10.8. The fraction of sp³-hybridized carbons (Fsp3) is 0.391. The van der Waals surface area contributed by atoms with Crippen molar-refractivity contribution in [2.45, 2.75) is 50.9 Å². The second kappa shape index (κ2) is 8.88. The van der Waals surface area contributed by atoms with Gasteiger partial charge in [0.25, 0.3) is 0 Å². The number of benzene rings is 1. The van der Waals surface area contributed by atoms with Crippen LogP contribution in [0.4, 0.5) is 14.6 Å². The minimum absolute atomic E-state index is 0.112. The van der Waals surface area contributed by atoms with E-state index in [0.29, 0.717) is 24.0 Å². The number of imide groups is 1. The molecule has 0 unspecified atom stereocenters. The van der Waals surface area contributed by atoms with Gasteiger partial charge >= 0.3 is 12.3 Å². The molecule has 34 heavy (non-hydrogen) atoms. The number of β-lactam (4-membered cyclic amide) rings is 1. The lowest BCUT2D eigenvalue weighted by Crippen LogP contribution is -2.66. The third kappa shape index (κ3) is 4.50. The van der Waals surface area contributed by atoms with Gasteiger partial charge in [0.05, 0.1) is 5.92 Å². The number of carboxylic acids is 1. The highest BCUT2D eigenvalue weighted by molar-refractivity contribution is 6.08. The van der Waals surface area contributed by atoms with Gasteiger partial charge in [0, 0.05) is 12.6 Å². The molecule has 1 fully saturated rings. The molecule has 2 aromatic rings. The van der Waals surface area contributed by atoms with Gasteiger partial charge in [0.15, 0.2) is 11.5 Å². The zero-order valence-electron chi connectivity index (χ0n) is 18.2. The molecule has 1 saturated heterocycles. The highest BCUT2D eigenvalue weighted by atomic mass is 19.3. The Morgan fingerprint density at radius 2 is 1.97 bits per heavy atom. The number of alkyl halides is 2. The molecule has 0 saturated carbocycles. The molecule has 3 heterocycles. The summed E-state index contributed by atoms with van der Waals surface area (Å²) in [5.41, 5.74) is 6.85. The summed E-state index contributed by atoms with van der Waals surface area (Å²) in [5.74, 6) is -3.83. The highest BCUT2D eigenvalue weighted by Gasteiger charge is 2.54. The molecular formula is C23H23F2N3O6. The summed E-state index contributed by atoms with van der Waals surface area (Å²) in [4.78, 5) is 42.4. The summed E-state index contributed by atoms with van der Waals surface area (Å²) in [6, 6.07) is 6.16. The number of carbonyl (C=O) groups excluding carboxylic acids is 2. The number of likely N-dealkylation sites (tertiary alicyclic amines) is 1. The number of anilines is 1. The Balaban J connectivity index is 1.50. The normalized spacial score (nSPS) is 21.1. The number of aromatic nitrogens is 1. The molecule has 1 aromatic heterocycles. The molecule has 3 atom stereocenters. The van der Waals surface area contributed by atoms with Gasteiger partial charge in [-0.1, -0.05) is 19.4 Å². The lowest BCUT2D eigenvalue weighted by molar-refractivity contribution is -0.286. The minimum atomic E-state index is -3.76. The van der Waals surface area contributed by atoms with E-state index in [1.165, 1.54) is 18.3 Å². The number of halogens is 2. The van der Waals surface area contributed by atoms with E-state index in [1.807, 2.05) is 6.92 Å². The number of amides is 2. The Labute approximate surface area is 193 Å². The Morgan fingerprint density at radius 3 is 2.65 bits per heavy atom. The number of nitrogen functional groups attached to an aromatic ring is 1. The zero-order chi connectivity index (χ0) is 24.6. The molecule has 0 aliphatic carbocycles. The number of aliphatic carboxylic acids is 1. The molecule has 2 amide bonds. The number of nitrogens with two attached hydrogens (primary N) is 1. The van der Waals surface area contributed by atoms with Gasteiger partial charge in [-0.05, 0) is 54.2 Å². The predicted octanol–water partition coefficient (Wildman–Crippen LogP) is 2.94. The maximum absolute atomic E-state index is 13.4. The summed E-state index contributed by atoms with van der Waals surface area (Å²) < 4.78 is 35.6. The fourth-order valence-corrected chi connectivity index (χ4v) is 4.45. The molecule has 2 aliphatic heterocycles.